The zero-order valence-electron chi connectivity index (χ0n) is 14.0. The Kier molecular flexibility index (Phi) is 4.81. The molecule has 0 unspecified atom stereocenters. The Morgan fingerprint density at radius 1 is 1.38 bits per heavy atom. The summed E-state index contributed by atoms with van der Waals surface area (Å²) in [5, 5.41) is 0.105. The first-order valence-electron chi connectivity index (χ1n) is 7.52. The van der Waals surface area contributed by atoms with E-state index in [0.717, 1.165) is 17.8 Å². The van der Waals surface area contributed by atoms with Crippen molar-refractivity contribution in [2.24, 2.45) is 16.6 Å². The second-order valence-corrected chi connectivity index (χ2v) is 7.58. The number of nitrogens with two attached hydrogens (primary N) is 2. The van der Waals surface area contributed by atoms with Gasteiger partial charge in [-0.05, 0) is 32.9 Å². The van der Waals surface area contributed by atoms with Crippen molar-refractivity contribution in [3.8, 4) is 0 Å². The van der Waals surface area contributed by atoms with Crippen LogP contribution >= 0.6 is 11.8 Å². The molecule has 1 heterocycles. The number of benzene rings is 1. The Balaban J connectivity index is 2.64. The number of carbonyl (C=O) groups is 1. The van der Waals surface area contributed by atoms with Crippen molar-refractivity contribution in [1.82, 2.24) is 0 Å². The molecule has 0 amide bonds. The van der Waals surface area contributed by atoms with Crippen LogP contribution in [-0.2, 0) is 15.1 Å². The Hall–Kier alpha value is -1.83. The van der Waals surface area contributed by atoms with E-state index in [1.165, 1.54) is 6.07 Å². The summed E-state index contributed by atoms with van der Waals surface area (Å²) in [7, 11) is 0. The number of hydrogen-bond acceptors (Lipinski definition) is 6. The van der Waals surface area contributed by atoms with Crippen LogP contribution < -0.4 is 11.5 Å². The number of amidine groups is 1. The van der Waals surface area contributed by atoms with Gasteiger partial charge < -0.3 is 16.2 Å². The van der Waals surface area contributed by atoms with Crippen LogP contribution in [0.1, 0.15) is 33.3 Å². The van der Waals surface area contributed by atoms with Crippen molar-refractivity contribution in [3.63, 3.8) is 0 Å². The van der Waals surface area contributed by atoms with Crippen LogP contribution in [0.5, 0.6) is 0 Å². The van der Waals surface area contributed by atoms with E-state index in [9.17, 15) is 13.6 Å². The molecular weight excluding hydrogens is 336 g/mol. The van der Waals surface area contributed by atoms with Gasteiger partial charge in [0.15, 0.2) is 16.8 Å². The molecule has 8 heteroatoms. The predicted molar refractivity (Wildman–Crippen MR) is 91.5 cm³/mol. The average molecular weight is 357 g/mol. The molecule has 1 aliphatic rings. The summed E-state index contributed by atoms with van der Waals surface area (Å²) < 4.78 is 32.3. The minimum absolute atomic E-state index is 0.0359. The minimum Gasteiger partial charge on any atom is -0.465 e. The van der Waals surface area contributed by atoms with Crippen LogP contribution in [-0.4, -0.2) is 22.5 Å². The highest BCUT2D eigenvalue weighted by Gasteiger charge is 2.55. The number of carbonyl (C=O) groups excluding carboxylic acids is 1. The Labute approximate surface area is 143 Å². The van der Waals surface area contributed by atoms with Gasteiger partial charge >= 0.3 is 5.97 Å². The fourth-order valence-corrected chi connectivity index (χ4v) is 4.17. The van der Waals surface area contributed by atoms with Crippen molar-refractivity contribution in [1.29, 1.82) is 0 Å². The molecule has 0 saturated heterocycles. The third-order valence-electron chi connectivity index (χ3n) is 4.61. The van der Waals surface area contributed by atoms with Crippen molar-refractivity contribution >= 4 is 28.6 Å². The summed E-state index contributed by atoms with van der Waals surface area (Å²) >= 11 is 1.06. The Morgan fingerprint density at radius 2 is 2.00 bits per heavy atom. The lowest BCUT2D eigenvalue weighted by atomic mass is 9.73. The van der Waals surface area contributed by atoms with E-state index >= 15 is 0 Å². The summed E-state index contributed by atoms with van der Waals surface area (Å²) in [5.74, 6) is -3.12. The van der Waals surface area contributed by atoms with Crippen LogP contribution in [0, 0.1) is 17.6 Å². The van der Waals surface area contributed by atoms with Gasteiger partial charge in [0.2, 0.25) is 0 Å². The average Bonchev–Trinajstić information content (AvgIpc) is 2.48. The van der Waals surface area contributed by atoms with Gasteiger partial charge in [-0.1, -0.05) is 18.7 Å². The lowest BCUT2D eigenvalue weighted by Gasteiger charge is -2.45. The Morgan fingerprint density at radius 3 is 2.58 bits per heavy atom. The zero-order valence-corrected chi connectivity index (χ0v) is 14.8. The van der Waals surface area contributed by atoms with Gasteiger partial charge in [0.05, 0.1) is 12.1 Å². The quantitative estimate of drug-likeness (QED) is 0.641. The number of thioether (sulfide) groups is 1. The molecule has 2 rings (SSSR count). The molecule has 0 saturated carbocycles. The van der Waals surface area contributed by atoms with Crippen LogP contribution in [0.15, 0.2) is 17.1 Å². The molecule has 0 spiro atoms. The van der Waals surface area contributed by atoms with Crippen LogP contribution in [0.2, 0.25) is 0 Å². The first-order chi connectivity index (χ1) is 11.1. The van der Waals surface area contributed by atoms with Crippen molar-refractivity contribution < 1.29 is 18.3 Å². The maximum absolute atomic E-state index is 14.4. The summed E-state index contributed by atoms with van der Waals surface area (Å²) in [4.78, 5) is 16.8. The molecule has 24 heavy (non-hydrogen) atoms. The van der Waals surface area contributed by atoms with Gasteiger partial charge in [0.1, 0.15) is 4.75 Å². The van der Waals surface area contributed by atoms with Gasteiger partial charge in [-0.15, -0.1) is 0 Å². The fraction of sp³-hybridized carbons (Fsp3) is 0.500. The summed E-state index contributed by atoms with van der Waals surface area (Å²) in [5.41, 5.74) is 10.3. The first kappa shape index (κ1) is 18.5. The first-order valence-corrected chi connectivity index (χ1v) is 8.34. The number of halogens is 2. The van der Waals surface area contributed by atoms with E-state index in [1.807, 2.05) is 0 Å². The molecule has 0 aromatic heterocycles. The van der Waals surface area contributed by atoms with Crippen LogP contribution in [0.25, 0.3) is 0 Å². The monoisotopic (exact) mass is 357 g/mol. The van der Waals surface area contributed by atoms with E-state index in [1.54, 1.807) is 27.7 Å². The third-order valence-corrected chi connectivity index (χ3v) is 5.85. The van der Waals surface area contributed by atoms with E-state index < -0.39 is 33.8 Å². The summed E-state index contributed by atoms with van der Waals surface area (Å²) in [6.45, 7) is 6.92. The number of aliphatic imine (C=N–C) groups is 1. The van der Waals surface area contributed by atoms with Crippen molar-refractivity contribution in [2.45, 2.75) is 38.0 Å². The number of nitrogen functional groups attached to an aromatic ring is 1. The van der Waals surface area contributed by atoms with Crippen molar-refractivity contribution in [2.75, 3.05) is 12.3 Å². The summed E-state index contributed by atoms with van der Waals surface area (Å²) in [6.07, 6.45) is 0. The van der Waals surface area contributed by atoms with Gasteiger partial charge in [-0.25, -0.2) is 8.78 Å². The Bertz CT molecular complexity index is 713. The number of rotatable bonds is 3. The molecule has 5 nitrogen and oxygen atoms in total. The van der Waals surface area contributed by atoms with Gasteiger partial charge in [-0.3, -0.25) is 9.79 Å². The second-order valence-electron chi connectivity index (χ2n) is 6.11. The van der Waals surface area contributed by atoms with E-state index in [-0.39, 0.29) is 23.0 Å². The lowest BCUT2D eigenvalue weighted by molar-refractivity contribution is -0.147. The maximum atomic E-state index is 14.4. The zero-order chi connectivity index (χ0) is 18.3. The highest BCUT2D eigenvalue weighted by molar-refractivity contribution is 8.15. The minimum atomic E-state index is -1.27. The highest BCUT2D eigenvalue weighted by atomic mass is 32.2. The molecule has 0 fully saturated rings. The number of anilines is 1. The molecule has 132 valence electrons. The third kappa shape index (κ3) is 2.83. The smallest absolute Gasteiger partial charge is 0.322 e. The molecule has 0 bridgehead atoms. The van der Waals surface area contributed by atoms with Gasteiger partial charge in [0, 0.05) is 17.2 Å². The molecule has 1 aromatic carbocycles. The standard InChI is InChI=1S/C16H21F2N3O2S/c1-5-23-13(22)16(4)8(2)15(3,21-14(20)24-16)10-6-9(19)7-11(17)12(10)18/h6-8H,5,19H2,1-4H3,(H2,20,21)/t8-,15-,16-/m0/s1. The summed E-state index contributed by atoms with van der Waals surface area (Å²) in [6, 6.07) is 2.23. The highest BCUT2D eigenvalue weighted by Crippen LogP contribution is 2.51. The SMILES string of the molecule is CCOC(=O)[C@@]1(C)SC(N)=N[C@](C)(c2cc(N)cc(F)c2F)[C@@H]1C. The second kappa shape index (κ2) is 6.23. The molecule has 0 radical (unpaired) electrons. The topological polar surface area (TPSA) is 90.7 Å². The van der Waals surface area contributed by atoms with Crippen molar-refractivity contribution in [3.05, 3.63) is 29.3 Å². The largest absolute Gasteiger partial charge is 0.465 e. The molecule has 0 aliphatic carbocycles. The van der Waals surface area contributed by atoms with E-state index in [0.29, 0.717) is 0 Å². The number of hydrogen-bond donors (Lipinski definition) is 2. The molecule has 3 atom stereocenters. The van der Waals surface area contributed by atoms with Crippen LogP contribution in [0.3, 0.4) is 0 Å². The van der Waals surface area contributed by atoms with E-state index in [2.05, 4.69) is 4.99 Å². The van der Waals surface area contributed by atoms with Gasteiger partial charge in [0.25, 0.3) is 0 Å². The molecule has 1 aromatic rings. The van der Waals surface area contributed by atoms with E-state index in [4.69, 9.17) is 16.2 Å². The lowest BCUT2D eigenvalue weighted by Crippen LogP contribution is -2.53. The maximum Gasteiger partial charge on any atom is 0.322 e. The normalized spacial score (nSPS) is 29.9. The molecule has 4 N–H and O–H groups in total. The fourth-order valence-electron chi connectivity index (χ4n) is 2.96. The number of ether oxygens (including phenoxy) is 1. The van der Waals surface area contributed by atoms with Gasteiger partial charge in [-0.2, -0.15) is 0 Å². The number of esters is 1. The molecule has 1 aliphatic heterocycles. The molecular formula is C16H21F2N3O2S. The van der Waals surface area contributed by atoms with Crippen LogP contribution in [0.4, 0.5) is 14.5 Å². The predicted octanol–water partition coefficient (Wildman–Crippen LogP) is 2.78. The number of nitrogens with zero attached hydrogens (tertiary/aromatic N) is 1.